The monoisotopic (exact) mass is 472 g/mol. The van der Waals surface area contributed by atoms with E-state index in [2.05, 4.69) is 6.92 Å². The summed E-state index contributed by atoms with van der Waals surface area (Å²) in [6.07, 6.45) is 13.3. The molecule has 0 saturated carbocycles. The van der Waals surface area contributed by atoms with Crippen molar-refractivity contribution < 1.29 is 19.1 Å². The highest BCUT2D eigenvalue weighted by atomic mass is 35.5. The summed E-state index contributed by atoms with van der Waals surface area (Å²) in [6, 6.07) is 5.33. The predicted octanol–water partition coefficient (Wildman–Crippen LogP) is 7.71. The highest BCUT2D eigenvalue weighted by Gasteiger charge is 2.06. The first kappa shape index (κ1) is 27.8. The van der Waals surface area contributed by atoms with Crippen LogP contribution in [0, 0.1) is 0 Å². The Hall–Kier alpha value is -1.26. The van der Waals surface area contributed by atoms with Gasteiger partial charge in [-0.1, -0.05) is 87.6 Å². The van der Waals surface area contributed by atoms with Crippen LogP contribution in [0.3, 0.4) is 0 Å². The van der Waals surface area contributed by atoms with Crippen molar-refractivity contribution in [2.45, 2.75) is 96.8 Å². The topological polar surface area (TPSA) is 52.6 Å². The fourth-order valence-electron chi connectivity index (χ4n) is 3.28. The third-order valence-electron chi connectivity index (χ3n) is 5.17. The zero-order chi connectivity index (χ0) is 22.7. The first-order valence-electron chi connectivity index (χ1n) is 11.8. The quantitative estimate of drug-likeness (QED) is 0.162. The van der Waals surface area contributed by atoms with Gasteiger partial charge in [0.15, 0.2) is 0 Å². The average Bonchev–Trinajstić information content (AvgIpc) is 2.74. The minimum absolute atomic E-state index is 0.0712. The van der Waals surface area contributed by atoms with Crippen LogP contribution in [0.25, 0.3) is 0 Å². The lowest BCUT2D eigenvalue weighted by molar-refractivity contribution is -0.144. The fraction of sp³-hybridized carbons (Fsp3) is 0.680. The molecular weight excluding hydrogens is 435 g/mol. The Morgan fingerprint density at radius 2 is 1.29 bits per heavy atom. The van der Waals surface area contributed by atoms with Crippen LogP contribution in [0.4, 0.5) is 0 Å². The predicted molar refractivity (Wildman–Crippen MR) is 128 cm³/mol. The molecule has 0 radical (unpaired) electrons. The van der Waals surface area contributed by atoms with Crippen LogP contribution in [0.1, 0.15) is 96.0 Å². The number of halogens is 2. The summed E-state index contributed by atoms with van der Waals surface area (Å²) in [5, 5.41) is 1.19. The summed E-state index contributed by atoms with van der Waals surface area (Å²) in [5.41, 5.74) is 0.926. The van der Waals surface area contributed by atoms with Crippen molar-refractivity contribution in [3.05, 3.63) is 33.8 Å². The van der Waals surface area contributed by atoms with E-state index in [0.717, 1.165) is 56.9 Å². The second-order valence-corrected chi connectivity index (χ2v) is 8.81. The summed E-state index contributed by atoms with van der Waals surface area (Å²) < 4.78 is 10.5. The number of esters is 2. The molecule has 0 bridgehead atoms. The first-order valence-corrected chi connectivity index (χ1v) is 12.5. The largest absolute Gasteiger partial charge is 0.466 e. The van der Waals surface area contributed by atoms with Gasteiger partial charge < -0.3 is 9.47 Å². The van der Waals surface area contributed by atoms with Crippen LogP contribution in [0.15, 0.2) is 18.2 Å². The summed E-state index contributed by atoms with van der Waals surface area (Å²) in [6.45, 7) is 3.08. The molecule has 6 heteroatoms. The van der Waals surface area contributed by atoms with Crippen LogP contribution in [-0.4, -0.2) is 25.2 Å². The fourth-order valence-corrected chi connectivity index (χ4v) is 3.78. The molecule has 0 fully saturated rings. The molecule has 0 spiro atoms. The van der Waals surface area contributed by atoms with Crippen molar-refractivity contribution in [1.82, 2.24) is 0 Å². The summed E-state index contributed by atoms with van der Waals surface area (Å²) >= 11 is 12.0. The van der Waals surface area contributed by atoms with Gasteiger partial charge in [-0.25, -0.2) is 0 Å². The van der Waals surface area contributed by atoms with Crippen molar-refractivity contribution in [3.8, 4) is 0 Å². The number of carbonyl (C=O) groups is 2. The molecule has 31 heavy (non-hydrogen) atoms. The van der Waals surface area contributed by atoms with Crippen LogP contribution in [-0.2, 0) is 25.5 Å². The zero-order valence-electron chi connectivity index (χ0n) is 18.9. The van der Waals surface area contributed by atoms with Crippen molar-refractivity contribution in [2.24, 2.45) is 0 Å². The molecule has 0 amide bonds. The minimum atomic E-state index is -0.164. The molecule has 0 N–H and O–H groups in total. The Bertz CT molecular complexity index is 634. The number of rotatable bonds is 18. The van der Waals surface area contributed by atoms with E-state index < -0.39 is 0 Å². The van der Waals surface area contributed by atoms with Crippen LogP contribution < -0.4 is 0 Å². The maximum atomic E-state index is 11.8. The number of unbranched alkanes of at least 4 members (excludes halogenated alkanes) is 9. The molecule has 0 aliphatic carbocycles. The minimum Gasteiger partial charge on any atom is -0.466 e. The highest BCUT2D eigenvalue weighted by Crippen LogP contribution is 2.21. The van der Waals surface area contributed by atoms with Gasteiger partial charge in [0.1, 0.15) is 0 Å². The van der Waals surface area contributed by atoms with E-state index in [1.165, 1.54) is 19.3 Å². The SMILES string of the molecule is CCCCCCCOC(=O)CCCCCCCCC(=O)OCCc1ccc(Cl)cc1Cl. The number of hydrogen-bond acceptors (Lipinski definition) is 4. The molecule has 0 atom stereocenters. The zero-order valence-corrected chi connectivity index (χ0v) is 20.4. The number of benzene rings is 1. The van der Waals surface area contributed by atoms with E-state index >= 15 is 0 Å². The first-order chi connectivity index (χ1) is 15.0. The molecule has 1 aromatic rings. The molecule has 0 heterocycles. The Balaban J connectivity index is 1.90. The Kier molecular flexibility index (Phi) is 16.4. The molecular formula is C25H38Cl2O4. The smallest absolute Gasteiger partial charge is 0.305 e. The molecule has 176 valence electrons. The van der Waals surface area contributed by atoms with Gasteiger partial charge in [-0.05, 0) is 37.0 Å². The summed E-state index contributed by atoms with van der Waals surface area (Å²) in [4.78, 5) is 23.5. The van der Waals surface area contributed by atoms with Crippen molar-refractivity contribution >= 4 is 35.1 Å². The van der Waals surface area contributed by atoms with E-state index in [9.17, 15) is 9.59 Å². The van der Waals surface area contributed by atoms with Gasteiger partial charge in [0.2, 0.25) is 0 Å². The van der Waals surface area contributed by atoms with Crippen molar-refractivity contribution in [2.75, 3.05) is 13.2 Å². The lowest BCUT2D eigenvalue weighted by Gasteiger charge is -2.07. The average molecular weight is 473 g/mol. The Labute approximate surface area is 198 Å². The van der Waals surface area contributed by atoms with Crippen molar-refractivity contribution in [3.63, 3.8) is 0 Å². The highest BCUT2D eigenvalue weighted by molar-refractivity contribution is 6.35. The second kappa shape index (κ2) is 18.3. The summed E-state index contributed by atoms with van der Waals surface area (Å²) in [5.74, 6) is -0.236. The van der Waals surface area contributed by atoms with Gasteiger partial charge in [-0.3, -0.25) is 9.59 Å². The Morgan fingerprint density at radius 3 is 1.90 bits per heavy atom. The van der Waals surface area contributed by atoms with Gasteiger partial charge in [0, 0.05) is 29.3 Å². The lowest BCUT2D eigenvalue weighted by atomic mass is 10.1. The maximum Gasteiger partial charge on any atom is 0.305 e. The molecule has 0 aromatic heterocycles. The van der Waals surface area contributed by atoms with Gasteiger partial charge in [-0.2, -0.15) is 0 Å². The molecule has 0 unspecified atom stereocenters. The molecule has 0 aliphatic heterocycles. The molecule has 0 aliphatic rings. The lowest BCUT2D eigenvalue weighted by Crippen LogP contribution is -2.07. The standard InChI is InChI=1S/C25H38Cl2O4/c1-2-3-4-9-12-18-30-24(28)13-10-7-5-6-8-11-14-25(29)31-19-17-21-15-16-22(26)20-23(21)27/h15-16,20H,2-14,17-19H2,1H3. The molecule has 0 saturated heterocycles. The summed E-state index contributed by atoms with van der Waals surface area (Å²) in [7, 11) is 0. The van der Waals surface area contributed by atoms with E-state index in [-0.39, 0.29) is 11.9 Å². The number of carbonyl (C=O) groups excluding carboxylic acids is 2. The van der Waals surface area contributed by atoms with E-state index in [1.54, 1.807) is 12.1 Å². The van der Waals surface area contributed by atoms with Crippen LogP contribution in [0.5, 0.6) is 0 Å². The molecule has 1 rings (SSSR count). The van der Waals surface area contributed by atoms with Crippen molar-refractivity contribution in [1.29, 1.82) is 0 Å². The van der Waals surface area contributed by atoms with Gasteiger partial charge in [0.25, 0.3) is 0 Å². The van der Waals surface area contributed by atoms with Gasteiger partial charge in [0.05, 0.1) is 13.2 Å². The maximum absolute atomic E-state index is 11.8. The Morgan fingerprint density at radius 1 is 0.742 bits per heavy atom. The molecule has 1 aromatic carbocycles. The van der Waals surface area contributed by atoms with Crippen LogP contribution in [0.2, 0.25) is 10.0 Å². The number of hydrogen-bond donors (Lipinski definition) is 0. The van der Waals surface area contributed by atoms with E-state index in [1.807, 2.05) is 6.07 Å². The number of ether oxygens (including phenoxy) is 2. The van der Waals surface area contributed by atoms with Crippen LogP contribution >= 0.6 is 23.2 Å². The normalized spacial score (nSPS) is 10.8. The van der Waals surface area contributed by atoms with E-state index in [4.69, 9.17) is 32.7 Å². The third-order valence-corrected chi connectivity index (χ3v) is 5.76. The van der Waals surface area contributed by atoms with Gasteiger partial charge in [-0.15, -0.1) is 0 Å². The second-order valence-electron chi connectivity index (χ2n) is 7.96. The third kappa shape index (κ3) is 15.2. The van der Waals surface area contributed by atoms with Gasteiger partial charge >= 0.3 is 11.9 Å². The van der Waals surface area contributed by atoms with E-state index in [0.29, 0.717) is 42.5 Å². The molecule has 4 nitrogen and oxygen atoms in total.